The molecule has 122 valence electrons. The average molecular weight is 333 g/mol. The van der Waals surface area contributed by atoms with Crippen LogP contribution in [0.1, 0.15) is 10.4 Å². The molecule has 0 saturated carbocycles. The van der Waals surface area contributed by atoms with Crippen LogP contribution in [0, 0.1) is 0 Å². The summed E-state index contributed by atoms with van der Waals surface area (Å²) in [4.78, 5) is 14.1. The van der Waals surface area contributed by atoms with Crippen molar-refractivity contribution in [2.45, 2.75) is 0 Å². The van der Waals surface area contributed by atoms with Gasteiger partial charge in [0.15, 0.2) is 0 Å². The first-order valence-electron chi connectivity index (χ1n) is 6.95. The maximum atomic E-state index is 12.3. The van der Waals surface area contributed by atoms with Crippen LogP contribution in [0.5, 0.6) is 0 Å². The van der Waals surface area contributed by atoms with Gasteiger partial charge in [-0.05, 0) is 30.3 Å². The van der Waals surface area contributed by atoms with Gasteiger partial charge in [-0.2, -0.15) is 8.42 Å². The van der Waals surface area contributed by atoms with Gasteiger partial charge in [0.25, 0.3) is 5.91 Å². The second-order valence-corrected chi connectivity index (χ2v) is 6.89. The van der Waals surface area contributed by atoms with Gasteiger partial charge in [0.05, 0.1) is 5.69 Å². The van der Waals surface area contributed by atoms with Gasteiger partial charge in [-0.3, -0.25) is 9.10 Å². The molecule has 0 fully saturated rings. The van der Waals surface area contributed by atoms with E-state index in [1.54, 1.807) is 48.5 Å². The molecule has 2 rings (SSSR count). The van der Waals surface area contributed by atoms with Crippen molar-refractivity contribution in [2.24, 2.45) is 0 Å². The van der Waals surface area contributed by atoms with Crippen LogP contribution in [0.4, 0.5) is 11.4 Å². The second kappa shape index (κ2) is 6.70. The van der Waals surface area contributed by atoms with Gasteiger partial charge >= 0.3 is 10.2 Å². The second-order valence-electron chi connectivity index (χ2n) is 5.18. The molecule has 2 aromatic carbocycles. The lowest BCUT2D eigenvalue weighted by molar-refractivity contribution is 0.0981. The standard InChI is InChI=1S/C16H19N3O3S/c1-18(2)15-11-7-8-13(12-15)16(20)17-23(21,22)19(3)14-9-5-4-6-10-14/h4-12H,1-3H3,(H,17,20). The van der Waals surface area contributed by atoms with Crippen LogP contribution in [0.3, 0.4) is 0 Å². The zero-order valence-electron chi connectivity index (χ0n) is 13.2. The third-order valence-corrected chi connectivity index (χ3v) is 4.70. The van der Waals surface area contributed by atoms with Crippen molar-refractivity contribution < 1.29 is 13.2 Å². The summed E-state index contributed by atoms with van der Waals surface area (Å²) in [6.45, 7) is 0. The summed E-state index contributed by atoms with van der Waals surface area (Å²) in [5.74, 6) is -0.670. The lowest BCUT2D eigenvalue weighted by Gasteiger charge is -2.20. The highest BCUT2D eigenvalue weighted by molar-refractivity contribution is 7.91. The molecule has 0 radical (unpaired) electrons. The first-order chi connectivity index (χ1) is 10.8. The third kappa shape index (κ3) is 4.01. The number of hydrogen-bond donors (Lipinski definition) is 1. The van der Waals surface area contributed by atoms with Crippen LogP contribution in [-0.4, -0.2) is 35.5 Å². The number of nitrogens with zero attached hydrogens (tertiary/aromatic N) is 2. The van der Waals surface area contributed by atoms with Crippen molar-refractivity contribution in [1.82, 2.24) is 4.72 Å². The Morgan fingerprint density at radius 2 is 1.52 bits per heavy atom. The molecule has 0 aliphatic heterocycles. The topological polar surface area (TPSA) is 69.7 Å². The summed E-state index contributed by atoms with van der Waals surface area (Å²) in [7, 11) is 1.10. The quantitative estimate of drug-likeness (QED) is 0.907. The fraction of sp³-hybridized carbons (Fsp3) is 0.188. The van der Waals surface area contributed by atoms with Gasteiger partial charge < -0.3 is 4.90 Å². The van der Waals surface area contributed by atoms with E-state index in [0.29, 0.717) is 5.69 Å². The predicted molar refractivity (Wildman–Crippen MR) is 92.0 cm³/mol. The molecule has 7 heteroatoms. The molecular formula is C16H19N3O3S. The normalized spacial score (nSPS) is 10.9. The number of benzene rings is 2. The Balaban J connectivity index is 2.20. The summed E-state index contributed by atoms with van der Waals surface area (Å²) in [6, 6.07) is 15.3. The van der Waals surface area contributed by atoms with Crippen LogP contribution in [-0.2, 0) is 10.2 Å². The molecule has 0 aliphatic carbocycles. The molecule has 0 saturated heterocycles. The molecule has 1 amide bonds. The molecule has 0 bridgehead atoms. The lowest BCUT2D eigenvalue weighted by atomic mass is 10.2. The van der Waals surface area contributed by atoms with Gasteiger partial charge in [0.2, 0.25) is 0 Å². The first kappa shape index (κ1) is 16.8. The minimum absolute atomic E-state index is 0.279. The van der Waals surface area contributed by atoms with Crippen molar-refractivity contribution in [3.63, 3.8) is 0 Å². The zero-order valence-corrected chi connectivity index (χ0v) is 14.0. The molecule has 0 spiro atoms. The Hall–Kier alpha value is -2.54. The first-order valence-corrected chi connectivity index (χ1v) is 8.39. The number of para-hydroxylation sites is 1. The van der Waals surface area contributed by atoms with Gasteiger partial charge in [0.1, 0.15) is 0 Å². The van der Waals surface area contributed by atoms with Crippen molar-refractivity contribution >= 4 is 27.5 Å². The average Bonchev–Trinajstić information content (AvgIpc) is 2.54. The van der Waals surface area contributed by atoms with Crippen molar-refractivity contribution in [1.29, 1.82) is 0 Å². The molecule has 0 heterocycles. The van der Waals surface area contributed by atoms with Crippen LogP contribution in [0.15, 0.2) is 54.6 Å². The Kier molecular flexibility index (Phi) is 4.90. The minimum Gasteiger partial charge on any atom is -0.378 e. The maximum Gasteiger partial charge on any atom is 0.326 e. The summed E-state index contributed by atoms with van der Waals surface area (Å²) < 4.78 is 27.7. The van der Waals surface area contributed by atoms with Gasteiger partial charge in [-0.15, -0.1) is 0 Å². The summed E-state index contributed by atoms with van der Waals surface area (Å²) >= 11 is 0. The molecule has 0 unspecified atom stereocenters. The zero-order chi connectivity index (χ0) is 17.0. The highest BCUT2D eigenvalue weighted by atomic mass is 32.2. The van der Waals surface area contributed by atoms with E-state index >= 15 is 0 Å². The van der Waals surface area contributed by atoms with Crippen molar-refractivity contribution in [3.8, 4) is 0 Å². The number of rotatable bonds is 5. The maximum absolute atomic E-state index is 12.3. The number of carbonyl (C=O) groups is 1. The Bertz CT molecular complexity index is 789. The highest BCUT2D eigenvalue weighted by Crippen LogP contribution is 2.16. The number of amides is 1. The Labute approximate surface area is 136 Å². The van der Waals surface area contributed by atoms with E-state index < -0.39 is 16.1 Å². The molecule has 2 aromatic rings. The summed E-state index contributed by atoms with van der Waals surface area (Å²) in [6.07, 6.45) is 0. The van der Waals surface area contributed by atoms with Gasteiger partial charge in [0, 0.05) is 32.4 Å². The summed E-state index contributed by atoms with van der Waals surface area (Å²) in [5.41, 5.74) is 1.56. The third-order valence-electron chi connectivity index (χ3n) is 3.33. The SMILES string of the molecule is CN(C)c1cccc(C(=O)NS(=O)(=O)N(C)c2ccccc2)c1. The van der Waals surface area contributed by atoms with Crippen LogP contribution in [0.2, 0.25) is 0 Å². The Morgan fingerprint density at radius 3 is 2.13 bits per heavy atom. The van der Waals surface area contributed by atoms with Crippen molar-refractivity contribution in [3.05, 3.63) is 60.2 Å². The predicted octanol–water partition coefficient (Wildman–Crippen LogP) is 1.86. The van der Waals surface area contributed by atoms with Gasteiger partial charge in [-0.1, -0.05) is 24.3 Å². The highest BCUT2D eigenvalue weighted by Gasteiger charge is 2.21. The van der Waals surface area contributed by atoms with E-state index in [4.69, 9.17) is 0 Å². The van der Waals surface area contributed by atoms with Crippen LogP contribution >= 0.6 is 0 Å². The molecular weight excluding hydrogens is 314 g/mol. The van der Waals surface area contributed by atoms with E-state index in [1.165, 1.54) is 7.05 Å². The minimum atomic E-state index is -3.97. The molecule has 1 N–H and O–H groups in total. The molecule has 0 aromatic heterocycles. The summed E-state index contributed by atoms with van der Waals surface area (Å²) in [5, 5.41) is 0. The van der Waals surface area contributed by atoms with E-state index in [0.717, 1.165) is 9.99 Å². The van der Waals surface area contributed by atoms with Crippen LogP contribution < -0.4 is 13.9 Å². The number of hydrogen-bond acceptors (Lipinski definition) is 4. The lowest BCUT2D eigenvalue weighted by Crippen LogP contribution is -2.41. The molecule has 0 aliphatic rings. The van der Waals surface area contributed by atoms with E-state index in [-0.39, 0.29) is 5.56 Å². The number of anilines is 2. The Morgan fingerprint density at radius 1 is 0.913 bits per heavy atom. The van der Waals surface area contributed by atoms with Crippen molar-refractivity contribution in [2.75, 3.05) is 30.3 Å². The molecule has 0 atom stereocenters. The smallest absolute Gasteiger partial charge is 0.326 e. The molecule has 6 nitrogen and oxygen atoms in total. The fourth-order valence-electron chi connectivity index (χ4n) is 1.95. The largest absolute Gasteiger partial charge is 0.378 e. The fourth-order valence-corrected chi connectivity index (χ4v) is 2.83. The van der Waals surface area contributed by atoms with Gasteiger partial charge in [-0.25, -0.2) is 4.72 Å². The monoisotopic (exact) mass is 333 g/mol. The van der Waals surface area contributed by atoms with Crippen LogP contribution in [0.25, 0.3) is 0 Å². The molecule has 23 heavy (non-hydrogen) atoms. The van der Waals surface area contributed by atoms with E-state index in [2.05, 4.69) is 4.72 Å². The van der Waals surface area contributed by atoms with E-state index in [9.17, 15) is 13.2 Å². The number of carbonyl (C=O) groups excluding carboxylic acids is 1. The van der Waals surface area contributed by atoms with E-state index in [1.807, 2.05) is 25.1 Å². The number of nitrogens with one attached hydrogen (secondary N) is 1.